The molecule has 4 nitrogen and oxygen atoms in total. The Labute approximate surface area is 126 Å². The second-order valence-corrected chi connectivity index (χ2v) is 5.33. The van der Waals surface area contributed by atoms with Gasteiger partial charge in [0.15, 0.2) is 0 Å². The average molecular weight is 306 g/mol. The molecular weight excluding hydrogens is 293 g/mol. The smallest absolute Gasteiger partial charge is 0.274 e. The minimum atomic E-state index is -0.483. The molecule has 1 aliphatic rings. The van der Waals surface area contributed by atoms with Crippen LogP contribution in [0.2, 0.25) is 5.02 Å². The summed E-state index contributed by atoms with van der Waals surface area (Å²) in [6.07, 6.45) is 3.49. The molecular formula is C15H13ClFN3O. The second-order valence-electron chi connectivity index (χ2n) is 4.90. The van der Waals surface area contributed by atoms with Gasteiger partial charge in [-0.3, -0.25) is 4.79 Å². The third-order valence-electron chi connectivity index (χ3n) is 3.15. The summed E-state index contributed by atoms with van der Waals surface area (Å²) >= 11 is 5.73. The minimum Gasteiger partial charge on any atom is -0.381 e. The van der Waals surface area contributed by atoms with Gasteiger partial charge in [0.05, 0.1) is 10.7 Å². The number of carbonyl (C=O) groups is 1. The topological polar surface area (TPSA) is 54.0 Å². The highest BCUT2D eigenvalue weighted by molar-refractivity contribution is 6.30. The average Bonchev–Trinajstić information content (AvgIpc) is 3.27. The number of amides is 1. The third kappa shape index (κ3) is 3.31. The monoisotopic (exact) mass is 305 g/mol. The van der Waals surface area contributed by atoms with E-state index in [9.17, 15) is 9.18 Å². The molecule has 3 rings (SSSR count). The zero-order chi connectivity index (χ0) is 14.8. The fourth-order valence-electron chi connectivity index (χ4n) is 1.91. The van der Waals surface area contributed by atoms with Crippen LogP contribution in [0.5, 0.6) is 0 Å². The van der Waals surface area contributed by atoms with Gasteiger partial charge in [0, 0.05) is 12.2 Å². The molecule has 1 fully saturated rings. The molecule has 1 saturated carbocycles. The Morgan fingerprint density at radius 2 is 2.10 bits per heavy atom. The molecule has 1 heterocycles. The summed E-state index contributed by atoms with van der Waals surface area (Å²) in [5.74, 6) is -0.960. The van der Waals surface area contributed by atoms with E-state index < -0.39 is 11.7 Å². The van der Waals surface area contributed by atoms with Crippen molar-refractivity contribution in [1.82, 2.24) is 4.98 Å². The van der Waals surface area contributed by atoms with Gasteiger partial charge in [-0.2, -0.15) is 0 Å². The molecule has 0 spiro atoms. The maximum absolute atomic E-state index is 14.0. The second kappa shape index (κ2) is 5.69. The van der Waals surface area contributed by atoms with E-state index >= 15 is 0 Å². The van der Waals surface area contributed by atoms with Gasteiger partial charge in [-0.25, -0.2) is 9.37 Å². The summed E-state index contributed by atoms with van der Waals surface area (Å²) < 4.78 is 14.0. The number of hydrogen-bond donors (Lipinski definition) is 2. The number of pyridine rings is 1. The number of carbonyl (C=O) groups excluding carboxylic acids is 1. The van der Waals surface area contributed by atoms with Crippen molar-refractivity contribution in [3.05, 3.63) is 53.1 Å². The van der Waals surface area contributed by atoms with E-state index in [4.69, 9.17) is 11.6 Å². The fourth-order valence-corrected chi connectivity index (χ4v) is 2.02. The number of rotatable bonds is 4. The molecule has 0 unspecified atom stereocenters. The van der Waals surface area contributed by atoms with Gasteiger partial charge < -0.3 is 10.6 Å². The van der Waals surface area contributed by atoms with Crippen LogP contribution in [-0.2, 0) is 0 Å². The lowest BCUT2D eigenvalue weighted by Crippen LogP contribution is -2.16. The van der Waals surface area contributed by atoms with Gasteiger partial charge in [0.1, 0.15) is 17.2 Å². The molecule has 1 aliphatic carbocycles. The van der Waals surface area contributed by atoms with Gasteiger partial charge in [0.2, 0.25) is 0 Å². The van der Waals surface area contributed by atoms with Crippen LogP contribution < -0.4 is 10.6 Å². The first kappa shape index (κ1) is 13.8. The SMILES string of the molecule is O=C(Nc1c(F)cccc1NC1CC1)c1ccc(Cl)cn1. The lowest BCUT2D eigenvalue weighted by atomic mass is 10.2. The predicted octanol–water partition coefficient (Wildman–Crippen LogP) is 3.70. The van der Waals surface area contributed by atoms with Crippen molar-refractivity contribution in [1.29, 1.82) is 0 Å². The van der Waals surface area contributed by atoms with Crippen molar-refractivity contribution in [3.63, 3.8) is 0 Å². The standard InChI is InChI=1S/C15H13ClFN3O/c16-9-4-7-13(18-8-9)15(21)20-14-11(17)2-1-3-12(14)19-10-5-6-10/h1-4,7-8,10,19H,5-6H2,(H,20,21). The number of nitrogens with zero attached hydrogens (tertiary/aromatic N) is 1. The molecule has 0 bridgehead atoms. The molecule has 21 heavy (non-hydrogen) atoms. The van der Waals surface area contributed by atoms with E-state index in [2.05, 4.69) is 15.6 Å². The van der Waals surface area contributed by atoms with Crippen molar-refractivity contribution in [2.75, 3.05) is 10.6 Å². The Hall–Kier alpha value is -2.14. The van der Waals surface area contributed by atoms with Crippen molar-refractivity contribution < 1.29 is 9.18 Å². The quantitative estimate of drug-likeness (QED) is 0.905. The van der Waals surface area contributed by atoms with Crippen LogP contribution in [0.3, 0.4) is 0 Å². The van der Waals surface area contributed by atoms with Crippen LogP contribution in [0.25, 0.3) is 0 Å². The Balaban J connectivity index is 1.83. The lowest BCUT2D eigenvalue weighted by molar-refractivity contribution is 0.102. The van der Waals surface area contributed by atoms with Gasteiger partial charge >= 0.3 is 0 Å². The molecule has 1 aromatic heterocycles. The fraction of sp³-hybridized carbons (Fsp3) is 0.200. The molecule has 1 aromatic carbocycles. The summed E-state index contributed by atoms with van der Waals surface area (Å²) in [6, 6.07) is 8.07. The van der Waals surface area contributed by atoms with Crippen LogP contribution in [0.15, 0.2) is 36.5 Å². The van der Waals surface area contributed by atoms with Crippen molar-refractivity contribution in [2.45, 2.75) is 18.9 Å². The largest absolute Gasteiger partial charge is 0.381 e. The molecule has 2 aromatic rings. The first-order chi connectivity index (χ1) is 10.1. The number of nitrogens with one attached hydrogen (secondary N) is 2. The van der Waals surface area contributed by atoms with E-state index in [0.29, 0.717) is 16.8 Å². The maximum Gasteiger partial charge on any atom is 0.274 e. The highest BCUT2D eigenvalue weighted by atomic mass is 35.5. The van der Waals surface area contributed by atoms with E-state index in [-0.39, 0.29) is 11.4 Å². The number of aromatic nitrogens is 1. The van der Waals surface area contributed by atoms with Crippen LogP contribution >= 0.6 is 11.6 Å². The van der Waals surface area contributed by atoms with Gasteiger partial charge in [0.25, 0.3) is 5.91 Å². The Bertz CT molecular complexity index is 671. The Kier molecular flexibility index (Phi) is 3.75. The number of benzene rings is 1. The summed E-state index contributed by atoms with van der Waals surface area (Å²) in [5, 5.41) is 6.20. The van der Waals surface area contributed by atoms with Crippen molar-refractivity contribution in [2.24, 2.45) is 0 Å². The summed E-state index contributed by atoms with van der Waals surface area (Å²) in [5.41, 5.74) is 0.908. The zero-order valence-electron chi connectivity index (χ0n) is 11.1. The third-order valence-corrected chi connectivity index (χ3v) is 3.37. The van der Waals surface area contributed by atoms with Crippen LogP contribution in [0.1, 0.15) is 23.3 Å². The van der Waals surface area contributed by atoms with Crippen molar-refractivity contribution in [3.8, 4) is 0 Å². The van der Waals surface area contributed by atoms with E-state index in [0.717, 1.165) is 12.8 Å². The first-order valence-corrected chi connectivity index (χ1v) is 6.99. The van der Waals surface area contributed by atoms with Gasteiger partial charge in [-0.05, 0) is 37.1 Å². The maximum atomic E-state index is 14.0. The van der Waals surface area contributed by atoms with Crippen LogP contribution in [-0.4, -0.2) is 16.9 Å². The van der Waals surface area contributed by atoms with Gasteiger partial charge in [-0.1, -0.05) is 17.7 Å². The van der Waals surface area contributed by atoms with E-state index in [1.54, 1.807) is 18.2 Å². The predicted molar refractivity (Wildman–Crippen MR) is 80.2 cm³/mol. The summed E-state index contributed by atoms with van der Waals surface area (Å²) in [4.78, 5) is 16.0. The molecule has 2 N–H and O–H groups in total. The highest BCUT2D eigenvalue weighted by Crippen LogP contribution is 2.31. The van der Waals surface area contributed by atoms with Crippen molar-refractivity contribution >= 4 is 28.9 Å². The van der Waals surface area contributed by atoms with Gasteiger partial charge in [-0.15, -0.1) is 0 Å². The minimum absolute atomic E-state index is 0.145. The molecule has 0 aliphatic heterocycles. The highest BCUT2D eigenvalue weighted by Gasteiger charge is 2.23. The number of halogens is 2. The van der Waals surface area contributed by atoms with E-state index in [1.807, 2.05) is 0 Å². The molecule has 0 radical (unpaired) electrons. The molecule has 0 atom stereocenters. The molecule has 1 amide bonds. The molecule has 6 heteroatoms. The summed E-state index contributed by atoms with van der Waals surface area (Å²) in [6.45, 7) is 0. The first-order valence-electron chi connectivity index (χ1n) is 6.61. The number of hydrogen-bond acceptors (Lipinski definition) is 3. The van der Waals surface area contributed by atoms with Crippen LogP contribution in [0.4, 0.5) is 15.8 Å². The lowest BCUT2D eigenvalue weighted by Gasteiger charge is -2.13. The van der Waals surface area contributed by atoms with E-state index in [1.165, 1.54) is 18.3 Å². The Morgan fingerprint density at radius 3 is 2.76 bits per heavy atom. The number of anilines is 2. The molecule has 0 saturated heterocycles. The molecule has 108 valence electrons. The normalized spacial score (nSPS) is 13.8. The Morgan fingerprint density at radius 1 is 1.29 bits per heavy atom. The van der Waals surface area contributed by atoms with Crippen LogP contribution in [0, 0.1) is 5.82 Å². The summed E-state index contributed by atoms with van der Waals surface area (Å²) in [7, 11) is 0. The number of para-hydroxylation sites is 1. The zero-order valence-corrected chi connectivity index (χ0v) is 11.8.